The lowest BCUT2D eigenvalue weighted by Crippen LogP contribution is -2.27. The summed E-state index contributed by atoms with van der Waals surface area (Å²) >= 11 is 0. The maximum absolute atomic E-state index is 13.7. The first-order valence-corrected chi connectivity index (χ1v) is 13.3. The zero-order chi connectivity index (χ0) is 27.3. The Morgan fingerprint density at radius 2 is 1.74 bits per heavy atom. The Kier molecular flexibility index (Phi) is 7.77. The molecule has 3 amide bonds. The number of aromatic nitrogens is 3. The average Bonchev–Trinajstić information content (AvgIpc) is 3.27. The number of carbonyl (C=O) groups excluding carboxylic acids is 3. The standard InChI is InChI=1S/C27H26N6O4S/c1-18-12-24(33(3)31-18)27(36)30-22-9-7-8-19(14-22)20-13-21(16-29-15-20)26(35)32-38(37,17-25(34)28-2)23-10-5-4-6-11-23/h4-16H,17H2,1-3H3,(H,28,34)(H,30,36)/t38-/m0/s1. The molecular weight excluding hydrogens is 504 g/mol. The molecule has 0 fully saturated rings. The number of hydrogen-bond donors (Lipinski definition) is 2. The maximum atomic E-state index is 13.7. The third-order valence-corrected chi connectivity index (χ3v) is 7.74. The van der Waals surface area contributed by atoms with E-state index in [0.29, 0.717) is 22.5 Å². The fraction of sp³-hybridized carbons (Fsp3) is 0.148. The first-order valence-electron chi connectivity index (χ1n) is 11.6. The molecular formula is C27H26N6O4S. The number of benzene rings is 2. The Hall–Kier alpha value is -4.64. The molecule has 2 aromatic carbocycles. The fourth-order valence-electron chi connectivity index (χ4n) is 3.75. The molecule has 0 bridgehead atoms. The number of rotatable bonds is 7. The minimum atomic E-state index is -3.37. The van der Waals surface area contributed by atoms with Gasteiger partial charge in [-0.25, -0.2) is 4.21 Å². The lowest BCUT2D eigenvalue weighted by molar-refractivity contribution is -0.118. The van der Waals surface area contributed by atoms with Crippen molar-refractivity contribution in [2.45, 2.75) is 11.8 Å². The van der Waals surface area contributed by atoms with Crippen molar-refractivity contribution in [1.82, 2.24) is 20.1 Å². The topological polar surface area (TPSA) is 135 Å². The molecule has 0 aliphatic heterocycles. The number of nitrogens with zero attached hydrogens (tertiary/aromatic N) is 4. The number of anilines is 1. The van der Waals surface area contributed by atoms with Gasteiger partial charge in [-0.05, 0) is 48.9 Å². The largest absolute Gasteiger partial charge is 0.358 e. The molecule has 0 aliphatic carbocycles. The molecule has 0 saturated heterocycles. The first kappa shape index (κ1) is 26.4. The van der Waals surface area contributed by atoms with Crippen LogP contribution in [0.4, 0.5) is 5.69 Å². The Bertz CT molecular complexity index is 1640. The second-order valence-electron chi connectivity index (χ2n) is 8.46. The first-order chi connectivity index (χ1) is 18.2. The average molecular weight is 531 g/mol. The van der Waals surface area contributed by atoms with Crippen molar-refractivity contribution in [2.24, 2.45) is 11.4 Å². The van der Waals surface area contributed by atoms with E-state index in [1.165, 1.54) is 17.9 Å². The summed E-state index contributed by atoms with van der Waals surface area (Å²) < 4.78 is 19.2. The molecule has 194 valence electrons. The minimum absolute atomic E-state index is 0.114. The summed E-state index contributed by atoms with van der Waals surface area (Å²) in [6.45, 7) is 1.81. The number of nitrogens with one attached hydrogen (secondary N) is 2. The van der Waals surface area contributed by atoms with Crippen LogP contribution in [-0.4, -0.2) is 49.5 Å². The molecule has 2 aromatic heterocycles. The molecule has 2 heterocycles. The number of pyridine rings is 1. The molecule has 0 radical (unpaired) electrons. The van der Waals surface area contributed by atoms with Crippen molar-refractivity contribution in [2.75, 3.05) is 18.1 Å². The highest BCUT2D eigenvalue weighted by atomic mass is 32.2. The zero-order valence-corrected chi connectivity index (χ0v) is 21.9. The van der Waals surface area contributed by atoms with Gasteiger partial charge in [-0.1, -0.05) is 30.3 Å². The molecule has 0 spiro atoms. The van der Waals surface area contributed by atoms with Crippen LogP contribution in [0.5, 0.6) is 0 Å². The van der Waals surface area contributed by atoms with Crippen LogP contribution in [0.2, 0.25) is 0 Å². The van der Waals surface area contributed by atoms with E-state index < -0.39 is 27.3 Å². The van der Waals surface area contributed by atoms with Crippen LogP contribution in [0.3, 0.4) is 0 Å². The Balaban J connectivity index is 1.63. The molecule has 4 aromatic rings. The molecule has 2 N–H and O–H groups in total. The summed E-state index contributed by atoms with van der Waals surface area (Å²) in [5.41, 5.74) is 3.10. The van der Waals surface area contributed by atoms with E-state index in [0.717, 1.165) is 5.69 Å². The third-order valence-electron chi connectivity index (χ3n) is 5.62. The molecule has 4 rings (SSSR count). The SMILES string of the molecule is CNC(=O)C[S@@](=O)(=NC(=O)c1cncc(-c2cccc(NC(=O)c3cc(C)nn3C)c2)c1)c1ccccc1. The summed E-state index contributed by atoms with van der Waals surface area (Å²) in [6, 6.07) is 18.6. The summed E-state index contributed by atoms with van der Waals surface area (Å²) in [6.07, 6.45) is 2.90. The van der Waals surface area contributed by atoms with Crippen LogP contribution in [0.15, 0.2) is 88.4 Å². The monoisotopic (exact) mass is 530 g/mol. The van der Waals surface area contributed by atoms with E-state index in [4.69, 9.17) is 0 Å². The van der Waals surface area contributed by atoms with E-state index in [-0.39, 0.29) is 16.4 Å². The van der Waals surface area contributed by atoms with Crippen LogP contribution in [0.25, 0.3) is 11.1 Å². The Labute approximate surface area is 220 Å². The zero-order valence-electron chi connectivity index (χ0n) is 21.0. The summed E-state index contributed by atoms with van der Waals surface area (Å²) in [7, 11) is -0.247. The molecule has 11 heteroatoms. The van der Waals surface area contributed by atoms with E-state index >= 15 is 0 Å². The molecule has 10 nitrogen and oxygen atoms in total. The predicted octanol–water partition coefficient (Wildman–Crippen LogP) is 3.46. The summed E-state index contributed by atoms with van der Waals surface area (Å²) in [5.74, 6) is -2.02. The number of hydrogen-bond acceptors (Lipinski definition) is 6. The lowest BCUT2D eigenvalue weighted by Gasteiger charge is -2.10. The summed E-state index contributed by atoms with van der Waals surface area (Å²) in [5, 5.41) is 9.48. The van der Waals surface area contributed by atoms with Crippen LogP contribution in [-0.2, 0) is 21.6 Å². The van der Waals surface area contributed by atoms with Gasteiger partial charge in [0.1, 0.15) is 11.4 Å². The van der Waals surface area contributed by atoms with Crippen molar-refractivity contribution < 1.29 is 18.6 Å². The highest BCUT2D eigenvalue weighted by molar-refractivity contribution is 7.94. The lowest BCUT2D eigenvalue weighted by atomic mass is 10.1. The van der Waals surface area contributed by atoms with Crippen molar-refractivity contribution >= 4 is 33.1 Å². The maximum Gasteiger partial charge on any atom is 0.286 e. The summed E-state index contributed by atoms with van der Waals surface area (Å²) in [4.78, 5) is 42.3. The quantitative estimate of drug-likeness (QED) is 0.376. The number of aryl methyl sites for hydroxylation is 2. The van der Waals surface area contributed by atoms with Gasteiger partial charge in [-0.2, -0.15) is 9.46 Å². The van der Waals surface area contributed by atoms with Gasteiger partial charge in [0.2, 0.25) is 5.91 Å². The highest BCUT2D eigenvalue weighted by Crippen LogP contribution is 2.24. The van der Waals surface area contributed by atoms with Gasteiger partial charge in [0.25, 0.3) is 11.8 Å². The van der Waals surface area contributed by atoms with E-state index in [9.17, 15) is 18.6 Å². The Morgan fingerprint density at radius 3 is 2.42 bits per heavy atom. The van der Waals surface area contributed by atoms with Gasteiger partial charge in [-0.15, -0.1) is 0 Å². The van der Waals surface area contributed by atoms with Crippen molar-refractivity contribution in [3.8, 4) is 11.1 Å². The molecule has 1 atom stereocenters. The van der Waals surface area contributed by atoms with E-state index in [1.807, 2.05) is 13.0 Å². The molecule has 0 unspecified atom stereocenters. The van der Waals surface area contributed by atoms with Gasteiger partial charge in [-0.3, -0.25) is 24.0 Å². The van der Waals surface area contributed by atoms with E-state index in [1.54, 1.807) is 73.9 Å². The van der Waals surface area contributed by atoms with Crippen molar-refractivity contribution in [1.29, 1.82) is 0 Å². The van der Waals surface area contributed by atoms with Crippen LogP contribution in [0, 0.1) is 6.92 Å². The van der Waals surface area contributed by atoms with Crippen molar-refractivity contribution in [3.05, 3.63) is 96.1 Å². The van der Waals surface area contributed by atoms with Gasteiger partial charge < -0.3 is 10.6 Å². The Morgan fingerprint density at radius 1 is 0.974 bits per heavy atom. The van der Waals surface area contributed by atoms with Gasteiger partial charge in [0.15, 0.2) is 0 Å². The molecule has 38 heavy (non-hydrogen) atoms. The second kappa shape index (κ2) is 11.2. The van der Waals surface area contributed by atoms with Crippen LogP contribution < -0.4 is 10.6 Å². The second-order valence-corrected chi connectivity index (χ2v) is 10.7. The number of amides is 3. The van der Waals surface area contributed by atoms with Crippen LogP contribution >= 0.6 is 0 Å². The molecule has 0 saturated carbocycles. The smallest absolute Gasteiger partial charge is 0.286 e. The van der Waals surface area contributed by atoms with Gasteiger partial charge >= 0.3 is 0 Å². The highest BCUT2D eigenvalue weighted by Gasteiger charge is 2.20. The fourth-order valence-corrected chi connectivity index (χ4v) is 5.54. The number of carbonyl (C=O) groups is 3. The van der Waals surface area contributed by atoms with E-state index in [2.05, 4.69) is 25.1 Å². The van der Waals surface area contributed by atoms with Gasteiger partial charge in [0, 0.05) is 42.6 Å². The normalized spacial score (nSPS) is 12.3. The predicted molar refractivity (Wildman–Crippen MR) is 144 cm³/mol. The molecule has 0 aliphatic rings. The van der Waals surface area contributed by atoms with Crippen LogP contribution in [0.1, 0.15) is 26.5 Å². The van der Waals surface area contributed by atoms with Gasteiger partial charge in [0.05, 0.1) is 21.0 Å². The minimum Gasteiger partial charge on any atom is -0.358 e. The van der Waals surface area contributed by atoms with Crippen molar-refractivity contribution in [3.63, 3.8) is 0 Å². The third kappa shape index (κ3) is 6.01.